The van der Waals surface area contributed by atoms with Crippen molar-refractivity contribution in [1.82, 2.24) is 5.32 Å². The minimum absolute atomic E-state index is 0.236. The van der Waals surface area contributed by atoms with Crippen LogP contribution in [0, 0.1) is 5.92 Å². The maximum atomic E-state index is 12.9. The summed E-state index contributed by atoms with van der Waals surface area (Å²) in [6, 6.07) is 10.8. The zero-order valence-corrected chi connectivity index (χ0v) is 16.6. The summed E-state index contributed by atoms with van der Waals surface area (Å²) in [5.41, 5.74) is 0.571. The molecule has 1 amide bonds. The Bertz CT molecular complexity index is 799. The minimum atomic E-state index is -0.599. The summed E-state index contributed by atoms with van der Waals surface area (Å²) in [5, 5.41) is 4.75. The fourth-order valence-corrected chi connectivity index (χ4v) is 4.29. The fourth-order valence-electron chi connectivity index (χ4n) is 3.81. The molecule has 4 nitrogen and oxygen atoms in total. The molecule has 0 heterocycles. The molecule has 1 fully saturated rings. The molecule has 1 unspecified atom stereocenters. The molecular weight excluding hydrogens is 394 g/mol. The number of fused-ring (bicyclic) bond motifs is 1. The monoisotopic (exact) mass is 417 g/mol. The summed E-state index contributed by atoms with van der Waals surface area (Å²) in [4.78, 5) is 25.1. The number of carbonyl (C=O) groups excluding carboxylic acids is 2. The lowest BCUT2D eigenvalue weighted by molar-refractivity contribution is -0.143. The highest BCUT2D eigenvalue weighted by Gasteiger charge is 2.27. The van der Waals surface area contributed by atoms with Gasteiger partial charge in [-0.1, -0.05) is 72.3 Å². The van der Waals surface area contributed by atoms with Crippen molar-refractivity contribution in [3.63, 3.8) is 0 Å². The van der Waals surface area contributed by atoms with Crippen molar-refractivity contribution in [2.45, 2.75) is 44.6 Å². The van der Waals surface area contributed by atoms with Gasteiger partial charge in [-0.2, -0.15) is 0 Å². The SMILES string of the molecule is COC(=O)C(CC1CCCCC1)NC(=O)c1ccc(Br)c2ccccc12. The van der Waals surface area contributed by atoms with Crippen molar-refractivity contribution in [3.8, 4) is 0 Å². The van der Waals surface area contributed by atoms with E-state index >= 15 is 0 Å². The van der Waals surface area contributed by atoms with Gasteiger partial charge in [0.25, 0.3) is 5.91 Å². The van der Waals surface area contributed by atoms with Crippen LogP contribution in [0.5, 0.6) is 0 Å². The minimum Gasteiger partial charge on any atom is -0.467 e. The largest absolute Gasteiger partial charge is 0.467 e. The zero-order chi connectivity index (χ0) is 18.5. The lowest BCUT2D eigenvalue weighted by Crippen LogP contribution is -2.43. The van der Waals surface area contributed by atoms with Crippen LogP contribution in [0.3, 0.4) is 0 Å². The quantitative estimate of drug-likeness (QED) is 0.707. The highest BCUT2D eigenvalue weighted by atomic mass is 79.9. The second-order valence-electron chi connectivity index (χ2n) is 6.93. The number of hydrogen-bond donors (Lipinski definition) is 1. The maximum absolute atomic E-state index is 12.9. The van der Waals surface area contributed by atoms with Crippen LogP contribution < -0.4 is 5.32 Å². The molecule has 0 bridgehead atoms. The predicted molar refractivity (Wildman–Crippen MR) is 106 cm³/mol. The van der Waals surface area contributed by atoms with Crippen molar-refractivity contribution in [2.75, 3.05) is 7.11 Å². The molecule has 0 radical (unpaired) electrons. The number of benzene rings is 2. The van der Waals surface area contributed by atoms with E-state index in [2.05, 4.69) is 21.2 Å². The summed E-state index contributed by atoms with van der Waals surface area (Å²) in [7, 11) is 1.37. The Kier molecular flexibility index (Phi) is 6.30. The van der Waals surface area contributed by atoms with Crippen LogP contribution in [-0.2, 0) is 9.53 Å². The number of esters is 1. The van der Waals surface area contributed by atoms with Crippen molar-refractivity contribution in [1.29, 1.82) is 0 Å². The summed E-state index contributed by atoms with van der Waals surface area (Å²) < 4.78 is 5.88. The van der Waals surface area contributed by atoms with Gasteiger partial charge in [0.05, 0.1) is 7.11 Å². The Balaban J connectivity index is 1.81. The molecule has 1 N–H and O–H groups in total. The lowest BCUT2D eigenvalue weighted by Gasteiger charge is -2.26. The van der Waals surface area contributed by atoms with Gasteiger partial charge in [0.1, 0.15) is 6.04 Å². The molecule has 138 valence electrons. The van der Waals surface area contributed by atoms with Crippen LogP contribution in [0.25, 0.3) is 10.8 Å². The predicted octanol–water partition coefficient (Wildman–Crippen LogP) is 4.84. The van der Waals surface area contributed by atoms with E-state index in [-0.39, 0.29) is 11.9 Å². The molecule has 2 aromatic carbocycles. The first-order valence-electron chi connectivity index (χ1n) is 9.16. The van der Waals surface area contributed by atoms with E-state index in [9.17, 15) is 9.59 Å². The van der Waals surface area contributed by atoms with Gasteiger partial charge in [-0.15, -0.1) is 0 Å². The van der Waals surface area contributed by atoms with Gasteiger partial charge in [0.2, 0.25) is 0 Å². The number of methoxy groups -OCH3 is 1. The highest BCUT2D eigenvalue weighted by Crippen LogP contribution is 2.29. The van der Waals surface area contributed by atoms with E-state index in [1.165, 1.54) is 26.4 Å². The molecular formula is C21H24BrNO3. The molecule has 2 aromatic rings. The molecule has 1 atom stereocenters. The first-order valence-corrected chi connectivity index (χ1v) is 9.95. The number of hydrogen-bond acceptors (Lipinski definition) is 3. The number of nitrogens with one attached hydrogen (secondary N) is 1. The molecule has 26 heavy (non-hydrogen) atoms. The molecule has 0 aliphatic heterocycles. The summed E-state index contributed by atoms with van der Waals surface area (Å²) in [5.74, 6) is -0.139. The van der Waals surface area contributed by atoms with Crippen molar-refractivity contribution >= 4 is 38.6 Å². The Morgan fingerprint density at radius 3 is 2.50 bits per heavy atom. The second kappa shape index (κ2) is 8.67. The van der Waals surface area contributed by atoms with Crippen molar-refractivity contribution < 1.29 is 14.3 Å². The molecule has 3 rings (SSSR count). The Morgan fingerprint density at radius 2 is 1.81 bits per heavy atom. The summed E-state index contributed by atoms with van der Waals surface area (Å²) >= 11 is 3.53. The van der Waals surface area contributed by atoms with E-state index in [0.717, 1.165) is 28.1 Å². The Hall–Kier alpha value is -1.88. The topological polar surface area (TPSA) is 55.4 Å². The Labute approximate surface area is 162 Å². The number of halogens is 1. The van der Waals surface area contributed by atoms with E-state index in [0.29, 0.717) is 17.9 Å². The summed E-state index contributed by atoms with van der Waals surface area (Å²) in [6.45, 7) is 0. The standard InChI is InChI=1S/C21H24BrNO3/c1-26-21(25)19(13-14-7-3-2-4-8-14)23-20(24)17-11-12-18(22)16-10-6-5-9-15(16)17/h5-6,9-12,14,19H,2-4,7-8,13H2,1H3,(H,23,24). The number of carbonyl (C=O) groups is 2. The van der Waals surface area contributed by atoms with Crippen LogP contribution in [0.1, 0.15) is 48.9 Å². The lowest BCUT2D eigenvalue weighted by atomic mass is 9.84. The van der Waals surface area contributed by atoms with Gasteiger partial charge < -0.3 is 10.1 Å². The maximum Gasteiger partial charge on any atom is 0.328 e. The zero-order valence-electron chi connectivity index (χ0n) is 15.0. The van der Waals surface area contributed by atoms with Gasteiger partial charge in [-0.05, 0) is 35.2 Å². The first kappa shape index (κ1) is 18.9. The third-order valence-electron chi connectivity index (χ3n) is 5.20. The Morgan fingerprint density at radius 1 is 1.12 bits per heavy atom. The fraction of sp³-hybridized carbons (Fsp3) is 0.429. The molecule has 1 aliphatic rings. The van der Waals surface area contributed by atoms with Crippen LogP contribution in [-0.4, -0.2) is 25.0 Å². The first-order chi connectivity index (χ1) is 12.6. The van der Waals surface area contributed by atoms with Crippen molar-refractivity contribution in [3.05, 3.63) is 46.4 Å². The van der Waals surface area contributed by atoms with Crippen molar-refractivity contribution in [2.24, 2.45) is 5.92 Å². The molecule has 1 saturated carbocycles. The van der Waals surface area contributed by atoms with Crippen LogP contribution in [0.15, 0.2) is 40.9 Å². The van der Waals surface area contributed by atoms with Gasteiger partial charge in [0.15, 0.2) is 0 Å². The van der Waals surface area contributed by atoms with Gasteiger partial charge in [-0.3, -0.25) is 4.79 Å². The van der Waals surface area contributed by atoms with E-state index < -0.39 is 6.04 Å². The summed E-state index contributed by atoms with van der Waals surface area (Å²) in [6.07, 6.45) is 6.53. The second-order valence-corrected chi connectivity index (χ2v) is 7.78. The van der Waals surface area contributed by atoms with Crippen LogP contribution >= 0.6 is 15.9 Å². The third-order valence-corrected chi connectivity index (χ3v) is 5.89. The van der Waals surface area contributed by atoms with Gasteiger partial charge in [0, 0.05) is 10.0 Å². The molecule has 0 saturated heterocycles. The molecule has 0 spiro atoms. The average Bonchev–Trinajstić information content (AvgIpc) is 2.68. The number of amides is 1. The van der Waals surface area contributed by atoms with Crippen LogP contribution in [0.4, 0.5) is 0 Å². The average molecular weight is 418 g/mol. The smallest absolute Gasteiger partial charge is 0.328 e. The molecule has 1 aliphatic carbocycles. The van der Waals surface area contributed by atoms with E-state index in [1.54, 1.807) is 6.07 Å². The van der Waals surface area contributed by atoms with E-state index in [1.807, 2.05) is 30.3 Å². The number of rotatable bonds is 5. The van der Waals surface area contributed by atoms with Gasteiger partial charge in [-0.25, -0.2) is 4.79 Å². The normalized spacial score (nSPS) is 16.2. The van der Waals surface area contributed by atoms with Crippen LogP contribution in [0.2, 0.25) is 0 Å². The molecule has 0 aromatic heterocycles. The van der Waals surface area contributed by atoms with Gasteiger partial charge >= 0.3 is 5.97 Å². The third kappa shape index (κ3) is 4.26. The highest BCUT2D eigenvalue weighted by molar-refractivity contribution is 9.10. The number of ether oxygens (including phenoxy) is 1. The van der Waals surface area contributed by atoms with E-state index in [4.69, 9.17) is 4.74 Å². The molecule has 5 heteroatoms.